The smallest absolute Gasteiger partial charge is 0.270 e. The molecule has 0 aliphatic carbocycles. The average Bonchev–Trinajstić information content (AvgIpc) is 2.61. The lowest BCUT2D eigenvalue weighted by molar-refractivity contribution is 0.0938. The van der Waals surface area contributed by atoms with E-state index in [2.05, 4.69) is 25.6 Å². The number of nitrogens with one attached hydrogen (secondary N) is 3. The Balaban J connectivity index is 1.86. The quantitative estimate of drug-likeness (QED) is 0.625. The number of hydrogen-bond acceptors (Lipinski definition) is 5. The van der Waals surface area contributed by atoms with E-state index >= 15 is 0 Å². The molecule has 0 spiro atoms. The normalized spacial score (nSPS) is 12.2. The van der Waals surface area contributed by atoms with Crippen LogP contribution in [0.5, 0.6) is 0 Å². The maximum atomic E-state index is 12.4. The van der Waals surface area contributed by atoms with Gasteiger partial charge in [-0.2, -0.15) is 0 Å². The molecule has 3 rings (SSSR count). The van der Waals surface area contributed by atoms with E-state index in [0.29, 0.717) is 16.1 Å². The van der Waals surface area contributed by atoms with Gasteiger partial charge in [0.05, 0.1) is 6.04 Å². The van der Waals surface area contributed by atoms with Gasteiger partial charge >= 0.3 is 0 Å². The summed E-state index contributed by atoms with van der Waals surface area (Å²) in [6, 6.07) is 8.23. The molecule has 0 saturated heterocycles. The fraction of sp³-hybridized carbons (Fsp3) is 0.263. The second-order valence-electron chi connectivity index (χ2n) is 6.55. The molecule has 0 bridgehead atoms. The third-order valence-corrected chi connectivity index (χ3v) is 4.19. The predicted octanol–water partition coefficient (Wildman–Crippen LogP) is 3.28. The molecule has 1 atom stereocenters. The van der Waals surface area contributed by atoms with E-state index in [9.17, 15) is 9.59 Å². The van der Waals surface area contributed by atoms with E-state index in [1.807, 2.05) is 20.8 Å². The van der Waals surface area contributed by atoms with E-state index < -0.39 is 0 Å². The highest BCUT2D eigenvalue weighted by molar-refractivity contribution is 6.31. The highest BCUT2D eigenvalue weighted by Crippen LogP contribution is 2.21. The minimum Gasteiger partial charge on any atom is -0.349 e. The van der Waals surface area contributed by atoms with Crippen LogP contribution in [0.2, 0.25) is 5.02 Å². The summed E-state index contributed by atoms with van der Waals surface area (Å²) in [5.74, 6) is -0.00852. The van der Waals surface area contributed by atoms with Gasteiger partial charge in [-0.05, 0) is 51.1 Å². The number of fused-ring (bicyclic) bond motifs is 1. The maximum Gasteiger partial charge on any atom is 0.270 e. The molecule has 27 heavy (non-hydrogen) atoms. The van der Waals surface area contributed by atoms with Crippen molar-refractivity contribution in [3.63, 3.8) is 0 Å². The molecule has 7 nitrogen and oxygen atoms in total. The molecule has 2 aromatic heterocycles. The molecule has 8 heteroatoms. The minimum atomic E-state index is -0.374. The standard InChI is InChI=1S/C19H20ClN5O2/c1-10(2)22-18(27)16-6-7-21-19(25-16)23-11(3)14-9-12-8-13(20)4-5-15(12)24-17(14)26/h4-11H,1-3H3,(H,22,27)(H,24,26)(H,21,23,25)/t11-/m0/s1. The van der Waals surface area contributed by atoms with Gasteiger partial charge < -0.3 is 15.6 Å². The second-order valence-corrected chi connectivity index (χ2v) is 6.98. The van der Waals surface area contributed by atoms with Gasteiger partial charge in [0, 0.05) is 33.7 Å². The molecule has 0 saturated carbocycles. The maximum absolute atomic E-state index is 12.4. The predicted molar refractivity (Wildman–Crippen MR) is 106 cm³/mol. The molecular formula is C19H20ClN5O2. The van der Waals surface area contributed by atoms with Gasteiger partial charge in [-0.1, -0.05) is 11.6 Å². The lowest BCUT2D eigenvalue weighted by atomic mass is 10.1. The van der Waals surface area contributed by atoms with Crippen molar-refractivity contribution in [3.8, 4) is 0 Å². The van der Waals surface area contributed by atoms with Crippen LogP contribution in [0, 0.1) is 0 Å². The summed E-state index contributed by atoms with van der Waals surface area (Å²) >= 11 is 6.04. The fourth-order valence-electron chi connectivity index (χ4n) is 2.68. The minimum absolute atomic E-state index is 0.00535. The molecule has 0 radical (unpaired) electrons. The Bertz CT molecular complexity index is 1050. The summed E-state index contributed by atoms with van der Waals surface area (Å²) in [7, 11) is 0. The van der Waals surface area contributed by atoms with Crippen molar-refractivity contribution >= 4 is 34.4 Å². The average molecular weight is 386 g/mol. The van der Waals surface area contributed by atoms with Crippen LogP contribution in [0.15, 0.2) is 41.3 Å². The number of carbonyl (C=O) groups excluding carboxylic acids is 1. The number of amides is 1. The van der Waals surface area contributed by atoms with Crippen molar-refractivity contribution in [3.05, 3.63) is 63.2 Å². The Hall–Kier alpha value is -2.93. The monoisotopic (exact) mass is 385 g/mol. The first-order valence-electron chi connectivity index (χ1n) is 8.56. The summed E-state index contributed by atoms with van der Waals surface area (Å²) in [5, 5.41) is 7.27. The zero-order valence-electron chi connectivity index (χ0n) is 15.2. The van der Waals surface area contributed by atoms with Crippen LogP contribution in [0.1, 0.15) is 42.9 Å². The number of hydrogen-bond donors (Lipinski definition) is 3. The van der Waals surface area contributed by atoms with Gasteiger partial charge in [0.25, 0.3) is 11.5 Å². The molecule has 140 valence electrons. The van der Waals surface area contributed by atoms with Gasteiger partial charge in [-0.3, -0.25) is 9.59 Å². The number of nitrogens with zero attached hydrogens (tertiary/aromatic N) is 2. The fourth-order valence-corrected chi connectivity index (χ4v) is 2.86. The summed E-state index contributed by atoms with van der Waals surface area (Å²) in [4.78, 5) is 35.7. The van der Waals surface area contributed by atoms with Crippen LogP contribution in [0.3, 0.4) is 0 Å². The number of aromatic nitrogens is 3. The lowest BCUT2D eigenvalue weighted by Gasteiger charge is -2.15. The topological polar surface area (TPSA) is 99.8 Å². The number of aromatic amines is 1. The lowest BCUT2D eigenvalue weighted by Crippen LogP contribution is -2.31. The number of anilines is 1. The summed E-state index contributed by atoms with van der Waals surface area (Å²) in [5.41, 5.74) is 1.28. The van der Waals surface area contributed by atoms with Gasteiger partial charge in [-0.25, -0.2) is 9.97 Å². The SMILES string of the molecule is CC(C)NC(=O)c1ccnc(N[C@@H](C)c2cc3cc(Cl)ccc3[nH]c2=O)n1. The number of rotatable bonds is 5. The van der Waals surface area contributed by atoms with Gasteiger partial charge in [-0.15, -0.1) is 0 Å². The van der Waals surface area contributed by atoms with E-state index in [1.54, 1.807) is 30.3 Å². The van der Waals surface area contributed by atoms with Crippen LogP contribution in [-0.4, -0.2) is 26.9 Å². The molecule has 0 aliphatic rings. The third kappa shape index (κ3) is 4.43. The highest BCUT2D eigenvalue weighted by atomic mass is 35.5. The largest absolute Gasteiger partial charge is 0.349 e. The molecule has 0 aliphatic heterocycles. The van der Waals surface area contributed by atoms with Crippen LogP contribution < -0.4 is 16.2 Å². The van der Waals surface area contributed by atoms with Crippen molar-refractivity contribution < 1.29 is 4.79 Å². The summed E-state index contributed by atoms with van der Waals surface area (Å²) in [6.07, 6.45) is 1.50. The highest BCUT2D eigenvalue weighted by Gasteiger charge is 2.15. The third-order valence-electron chi connectivity index (χ3n) is 3.96. The van der Waals surface area contributed by atoms with Crippen LogP contribution in [0.25, 0.3) is 10.9 Å². The molecule has 0 fully saturated rings. The molecule has 2 heterocycles. The second kappa shape index (κ2) is 7.75. The summed E-state index contributed by atoms with van der Waals surface area (Å²) in [6.45, 7) is 5.57. The zero-order valence-corrected chi connectivity index (χ0v) is 16.0. The number of carbonyl (C=O) groups is 1. The number of pyridine rings is 1. The Morgan fingerprint density at radius 2 is 1.96 bits per heavy atom. The number of halogens is 1. The molecule has 3 N–H and O–H groups in total. The first kappa shape index (κ1) is 18.8. The first-order valence-corrected chi connectivity index (χ1v) is 8.94. The van der Waals surface area contributed by atoms with Gasteiger partial charge in [0.2, 0.25) is 5.95 Å². The molecule has 3 aromatic rings. The van der Waals surface area contributed by atoms with Crippen molar-refractivity contribution in [2.45, 2.75) is 32.9 Å². The Morgan fingerprint density at radius 3 is 2.70 bits per heavy atom. The van der Waals surface area contributed by atoms with Crippen molar-refractivity contribution in [2.75, 3.05) is 5.32 Å². The summed E-state index contributed by atoms with van der Waals surface area (Å²) < 4.78 is 0. The molecule has 1 aromatic carbocycles. The molecular weight excluding hydrogens is 366 g/mol. The van der Waals surface area contributed by atoms with Crippen LogP contribution in [-0.2, 0) is 0 Å². The van der Waals surface area contributed by atoms with Crippen molar-refractivity contribution in [1.82, 2.24) is 20.3 Å². The van der Waals surface area contributed by atoms with E-state index in [4.69, 9.17) is 11.6 Å². The molecule has 1 amide bonds. The van der Waals surface area contributed by atoms with Crippen molar-refractivity contribution in [2.24, 2.45) is 0 Å². The first-order chi connectivity index (χ1) is 12.8. The molecule has 0 unspecified atom stereocenters. The number of benzene rings is 1. The van der Waals surface area contributed by atoms with Gasteiger partial charge in [0.15, 0.2) is 0 Å². The van der Waals surface area contributed by atoms with Crippen LogP contribution >= 0.6 is 11.6 Å². The Kier molecular flexibility index (Phi) is 5.41. The zero-order chi connectivity index (χ0) is 19.6. The number of H-pyrrole nitrogens is 1. The van der Waals surface area contributed by atoms with Gasteiger partial charge in [0.1, 0.15) is 5.69 Å². The van der Waals surface area contributed by atoms with Crippen LogP contribution in [0.4, 0.5) is 5.95 Å². The van der Waals surface area contributed by atoms with E-state index in [-0.39, 0.29) is 35.2 Å². The van der Waals surface area contributed by atoms with E-state index in [0.717, 1.165) is 5.39 Å². The Morgan fingerprint density at radius 1 is 1.19 bits per heavy atom. The van der Waals surface area contributed by atoms with Crippen molar-refractivity contribution in [1.29, 1.82) is 0 Å². The van der Waals surface area contributed by atoms with E-state index in [1.165, 1.54) is 6.20 Å². The Labute approximate surface area is 161 Å².